The van der Waals surface area contributed by atoms with Crippen LogP contribution < -0.4 is 4.74 Å². The third kappa shape index (κ3) is 2.80. The topological polar surface area (TPSA) is 34.6 Å². The van der Waals surface area contributed by atoms with Gasteiger partial charge in [-0.05, 0) is 18.2 Å². The first-order valence-corrected chi connectivity index (χ1v) is 7.06. The molecule has 2 heterocycles. The van der Waals surface area contributed by atoms with Crippen molar-refractivity contribution in [2.75, 3.05) is 39.5 Å². The molecule has 0 amide bonds. The number of thiazole rings is 1. The number of hydrogen-bond acceptors (Lipinski definition) is 5. The molecule has 0 aliphatic carbocycles. The lowest BCUT2D eigenvalue weighted by atomic mass is 10.3. The number of aromatic nitrogens is 1. The molecule has 18 heavy (non-hydrogen) atoms. The average molecular weight is 264 g/mol. The summed E-state index contributed by atoms with van der Waals surface area (Å²) in [5, 5.41) is 0. The molecule has 0 bridgehead atoms. The molecule has 4 nitrogen and oxygen atoms in total. The maximum absolute atomic E-state index is 5.78. The molecule has 1 aromatic heterocycles. The van der Waals surface area contributed by atoms with Crippen molar-refractivity contribution in [3.8, 4) is 5.75 Å². The first-order valence-electron chi connectivity index (χ1n) is 6.18. The van der Waals surface area contributed by atoms with E-state index in [9.17, 15) is 0 Å². The Hall–Kier alpha value is -1.17. The van der Waals surface area contributed by atoms with Gasteiger partial charge in [-0.15, -0.1) is 11.3 Å². The standard InChI is InChI=1S/C13H16N2O2S/c1-2-12-13(18-10-14-12)9-11(1)17-8-5-15-3-6-16-7-4-15/h1-2,9-10H,3-8H2. The van der Waals surface area contributed by atoms with E-state index in [1.54, 1.807) is 11.3 Å². The fourth-order valence-corrected chi connectivity index (χ4v) is 2.75. The molecular weight excluding hydrogens is 248 g/mol. The Morgan fingerprint density at radius 2 is 2.22 bits per heavy atom. The van der Waals surface area contributed by atoms with E-state index >= 15 is 0 Å². The Kier molecular flexibility index (Phi) is 3.73. The van der Waals surface area contributed by atoms with Crippen LogP contribution in [0, 0.1) is 0 Å². The number of nitrogens with zero attached hydrogens (tertiary/aromatic N) is 2. The highest BCUT2D eigenvalue weighted by molar-refractivity contribution is 7.16. The molecule has 0 atom stereocenters. The lowest BCUT2D eigenvalue weighted by Gasteiger charge is -2.26. The largest absolute Gasteiger partial charge is 0.492 e. The number of ether oxygens (including phenoxy) is 2. The number of hydrogen-bond donors (Lipinski definition) is 0. The summed E-state index contributed by atoms with van der Waals surface area (Å²) >= 11 is 1.64. The molecule has 0 spiro atoms. The van der Waals surface area contributed by atoms with Gasteiger partial charge in [0.2, 0.25) is 0 Å². The number of morpholine rings is 1. The van der Waals surface area contributed by atoms with Gasteiger partial charge in [-0.1, -0.05) is 0 Å². The zero-order valence-electron chi connectivity index (χ0n) is 10.2. The van der Waals surface area contributed by atoms with Gasteiger partial charge in [0, 0.05) is 19.6 Å². The maximum atomic E-state index is 5.78. The van der Waals surface area contributed by atoms with E-state index in [1.807, 2.05) is 17.6 Å². The van der Waals surface area contributed by atoms with Crippen molar-refractivity contribution in [1.82, 2.24) is 9.88 Å². The van der Waals surface area contributed by atoms with Gasteiger partial charge >= 0.3 is 0 Å². The van der Waals surface area contributed by atoms with Crippen molar-refractivity contribution in [2.24, 2.45) is 0 Å². The minimum absolute atomic E-state index is 0.726. The normalized spacial score (nSPS) is 17.1. The van der Waals surface area contributed by atoms with Crippen molar-refractivity contribution in [3.63, 3.8) is 0 Å². The monoisotopic (exact) mass is 264 g/mol. The third-order valence-corrected chi connectivity index (χ3v) is 3.87. The van der Waals surface area contributed by atoms with Gasteiger partial charge in [0.15, 0.2) is 0 Å². The minimum Gasteiger partial charge on any atom is -0.492 e. The fourth-order valence-electron chi connectivity index (χ4n) is 2.04. The van der Waals surface area contributed by atoms with Crippen molar-refractivity contribution in [2.45, 2.75) is 0 Å². The number of benzene rings is 1. The van der Waals surface area contributed by atoms with Crippen LogP contribution in [0.1, 0.15) is 0 Å². The third-order valence-electron chi connectivity index (χ3n) is 3.08. The van der Waals surface area contributed by atoms with Crippen molar-refractivity contribution < 1.29 is 9.47 Å². The van der Waals surface area contributed by atoms with Crippen LogP contribution in [-0.2, 0) is 4.74 Å². The van der Waals surface area contributed by atoms with Crippen LogP contribution in [0.5, 0.6) is 5.75 Å². The summed E-state index contributed by atoms with van der Waals surface area (Å²) in [6.07, 6.45) is 0. The number of rotatable bonds is 4. The fraction of sp³-hybridized carbons (Fsp3) is 0.462. The summed E-state index contributed by atoms with van der Waals surface area (Å²) < 4.78 is 12.3. The summed E-state index contributed by atoms with van der Waals surface area (Å²) in [6.45, 7) is 5.39. The smallest absolute Gasteiger partial charge is 0.120 e. The average Bonchev–Trinajstić information content (AvgIpc) is 2.87. The zero-order valence-corrected chi connectivity index (χ0v) is 11.0. The van der Waals surface area contributed by atoms with Crippen LogP contribution in [-0.4, -0.2) is 49.3 Å². The molecule has 0 N–H and O–H groups in total. The summed E-state index contributed by atoms with van der Waals surface area (Å²) in [4.78, 5) is 6.62. The van der Waals surface area contributed by atoms with E-state index in [0.29, 0.717) is 0 Å². The Morgan fingerprint density at radius 3 is 3.11 bits per heavy atom. The Balaban J connectivity index is 1.52. The summed E-state index contributed by atoms with van der Waals surface area (Å²) in [6, 6.07) is 6.06. The molecular formula is C13H16N2O2S. The highest BCUT2D eigenvalue weighted by atomic mass is 32.1. The first-order chi connectivity index (χ1) is 8.92. The van der Waals surface area contributed by atoms with Crippen LogP contribution in [0.4, 0.5) is 0 Å². The van der Waals surface area contributed by atoms with Gasteiger partial charge in [0.1, 0.15) is 12.4 Å². The Morgan fingerprint density at radius 1 is 1.33 bits per heavy atom. The molecule has 3 rings (SSSR count). The van der Waals surface area contributed by atoms with Crippen molar-refractivity contribution in [3.05, 3.63) is 23.7 Å². The molecule has 1 aromatic carbocycles. The second-order valence-corrected chi connectivity index (χ2v) is 5.17. The highest BCUT2D eigenvalue weighted by Gasteiger charge is 2.09. The number of fused-ring (bicyclic) bond motifs is 1. The van der Waals surface area contributed by atoms with Gasteiger partial charge < -0.3 is 9.47 Å². The van der Waals surface area contributed by atoms with Crippen LogP contribution in [0.25, 0.3) is 10.2 Å². The second-order valence-electron chi connectivity index (χ2n) is 4.28. The Labute approximate surface area is 110 Å². The quantitative estimate of drug-likeness (QED) is 0.846. The van der Waals surface area contributed by atoms with E-state index in [-0.39, 0.29) is 0 Å². The van der Waals surface area contributed by atoms with E-state index in [2.05, 4.69) is 16.0 Å². The molecule has 1 fully saturated rings. The van der Waals surface area contributed by atoms with Crippen molar-refractivity contribution in [1.29, 1.82) is 0 Å². The van der Waals surface area contributed by atoms with Crippen molar-refractivity contribution >= 4 is 21.6 Å². The van der Waals surface area contributed by atoms with E-state index in [0.717, 1.165) is 50.7 Å². The molecule has 0 radical (unpaired) electrons. The molecule has 0 unspecified atom stereocenters. The van der Waals surface area contributed by atoms with Crippen LogP contribution in [0.15, 0.2) is 23.7 Å². The highest BCUT2D eigenvalue weighted by Crippen LogP contribution is 2.23. The second kappa shape index (κ2) is 5.65. The molecule has 1 aliphatic rings. The summed E-state index contributed by atoms with van der Waals surface area (Å²) in [5.41, 5.74) is 2.91. The lowest BCUT2D eigenvalue weighted by molar-refractivity contribution is 0.0322. The van der Waals surface area contributed by atoms with Gasteiger partial charge in [0.05, 0.1) is 28.9 Å². The first kappa shape index (κ1) is 11.9. The van der Waals surface area contributed by atoms with Crippen LogP contribution >= 0.6 is 11.3 Å². The molecule has 96 valence electrons. The summed E-state index contributed by atoms with van der Waals surface area (Å²) in [5.74, 6) is 0.931. The summed E-state index contributed by atoms with van der Waals surface area (Å²) in [7, 11) is 0. The SMILES string of the molecule is c1nc2ccc(OCCN3CCOCC3)cc2s1. The maximum Gasteiger partial charge on any atom is 0.120 e. The zero-order chi connectivity index (χ0) is 12.2. The Bertz CT molecular complexity index is 508. The molecule has 0 saturated carbocycles. The predicted octanol–water partition coefficient (Wildman–Crippen LogP) is 2.01. The van der Waals surface area contributed by atoms with E-state index < -0.39 is 0 Å². The molecule has 1 aliphatic heterocycles. The minimum atomic E-state index is 0.726. The molecule has 5 heteroatoms. The van der Waals surface area contributed by atoms with Gasteiger partial charge in [-0.3, -0.25) is 4.90 Å². The van der Waals surface area contributed by atoms with Gasteiger partial charge in [-0.25, -0.2) is 4.98 Å². The van der Waals surface area contributed by atoms with Gasteiger partial charge in [-0.2, -0.15) is 0 Å². The van der Waals surface area contributed by atoms with E-state index in [4.69, 9.17) is 9.47 Å². The lowest BCUT2D eigenvalue weighted by Crippen LogP contribution is -2.38. The van der Waals surface area contributed by atoms with Gasteiger partial charge in [0.25, 0.3) is 0 Å². The van der Waals surface area contributed by atoms with E-state index in [1.165, 1.54) is 4.70 Å². The predicted molar refractivity (Wildman–Crippen MR) is 72.4 cm³/mol. The molecule has 1 saturated heterocycles. The van der Waals surface area contributed by atoms with Crippen LogP contribution in [0.2, 0.25) is 0 Å². The van der Waals surface area contributed by atoms with Crippen LogP contribution in [0.3, 0.4) is 0 Å². The molecule has 2 aromatic rings.